The van der Waals surface area contributed by atoms with E-state index in [-0.39, 0.29) is 18.8 Å². The minimum Gasteiger partial charge on any atom is -0.385 e. The van der Waals surface area contributed by atoms with Crippen molar-refractivity contribution in [1.82, 2.24) is 9.80 Å². The van der Waals surface area contributed by atoms with Crippen molar-refractivity contribution >= 4 is 23.3 Å². The lowest BCUT2D eigenvalue weighted by Crippen LogP contribution is -2.58. The van der Waals surface area contributed by atoms with Gasteiger partial charge < -0.3 is 20.1 Å². The number of ether oxygens (including phenoxy) is 2. The standard InChI is InChI=1S/C22H30ClF2N5O2/c23-16-3-1-15(2-4-16)9-18-12-32-19(13-31-14-20(24)25)11-30(18)17-5-7-29(8-6-17)22-10-21(26)27-28-22/h1-4,17-20H,5-14H2,(H2,26,27)/t18-,19+/m0/s1. The Labute approximate surface area is 192 Å². The largest absolute Gasteiger partial charge is 0.385 e. The number of benzene rings is 1. The van der Waals surface area contributed by atoms with Gasteiger partial charge >= 0.3 is 0 Å². The lowest BCUT2D eigenvalue weighted by atomic mass is 9.96. The maximum absolute atomic E-state index is 12.5. The fourth-order valence-corrected chi connectivity index (χ4v) is 4.80. The van der Waals surface area contributed by atoms with E-state index in [9.17, 15) is 8.78 Å². The zero-order valence-electron chi connectivity index (χ0n) is 18.0. The van der Waals surface area contributed by atoms with Crippen molar-refractivity contribution in [3.05, 3.63) is 34.9 Å². The quantitative estimate of drug-likeness (QED) is 0.664. The number of piperidine rings is 1. The molecule has 0 aromatic heterocycles. The van der Waals surface area contributed by atoms with Crippen LogP contribution in [0, 0.1) is 0 Å². The van der Waals surface area contributed by atoms with Crippen LogP contribution in [0.3, 0.4) is 0 Å². The number of alkyl halides is 2. The summed E-state index contributed by atoms with van der Waals surface area (Å²) in [6, 6.07) is 8.49. The highest BCUT2D eigenvalue weighted by molar-refractivity contribution is 6.30. The molecule has 3 aliphatic rings. The van der Waals surface area contributed by atoms with Crippen molar-refractivity contribution in [2.45, 2.75) is 50.3 Å². The van der Waals surface area contributed by atoms with Gasteiger partial charge in [-0.25, -0.2) is 8.78 Å². The molecule has 0 saturated carbocycles. The van der Waals surface area contributed by atoms with Crippen LogP contribution < -0.4 is 5.73 Å². The molecule has 2 N–H and O–H groups in total. The third kappa shape index (κ3) is 6.15. The highest BCUT2D eigenvalue weighted by Gasteiger charge is 2.36. The third-order valence-corrected chi connectivity index (χ3v) is 6.52. The first-order chi connectivity index (χ1) is 15.5. The van der Waals surface area contributed by atoms with E-state index in [4.69, 9.17) is 26.8 Å². The number of hydrogen-bond acceptors (Lipinski definition) is 7. The second-order valence-corrected chi connectivity index (χ2v) is 9.00. The maximum Gasteiger partial charge on any atom is 0.261 e. The molecule has 1 aromatic carbocycles. The van der Waals surface area contributed by atoms with Gasteiger partial charge in [0.25, 0.3) is 6.43 Å². The van der Waals surface area contributed by atoms with Crippen LogP contribution in [0.25, 0.3) is 0 Å². The zero-order valence-corrected chi connectivity index (χ0v) is 18.8. The molecule has 7 nitrogen and oxygen atoms in total. The fourth-order valence-electron chi connectivity index (χ4n) is 4.67. The Hall–Kier alpha value is -1.81. The topological polar surface area (TPSA) is 75.7 Å². The predicted octanol–water partition coefficient (Wildman–Crippen LogP) is 2.77. The Morgan fingerprint density at radius 1 is 1.19 bits per heavy atom. The Balaban J connectivity index is 1.38. The van der Waals surface area contributed by atoms with E-state index in [1.54, 1.807) is 0 Å². The van der Waals surface area contributed by atoms with Gasteiger partial charge in [0, 0.05) is 36.7 Å². The lowest BCUT2D eigenvalue weighted by Gasteiger charge is -2.47. The first-order valence-corrected chi connectivity index (χ1v) is 11.5. The van der Waals surface area contributed by atoms with Crippen LogP contribution in [-0.4, -0.2) is 85.5 Å². The number of nitrogens with two attached hydrogens (primary N) is 1. The third-order valence-electron chi connectivity index (χ3n) is 6.27. The van der Waals surface area contributed by atoms with E-state index in [0.717, 1.165) is 38.2 Å². The van der Waals surface area contributed by atoms with Gasteiger partial charge in [-0.2, -0.15) is 0 Å². The van der Waals surface area contributed by atoms with E-state index in [1.807, 2.05) is 24.3 Å². The summed E-state index contributed by atoms with van der Waals surface area (Å²) >= 11 is 6.04. The van der Waals surface area contributed by atoms with Gasteiger partial charge in [0.05, 0.1) is 25.7 Å². The molecule has 10 heteroatoms. The molecule has 0 radical (unpaired) electrons. The molecule has 2 saturated heterocycles. The molecule has 32 heavy (non-hydrogen) atoms. The molecule has 0 unspecified atom stereocenters. The number of nitrogens with zero attached hydrogens (tertiary/aromatic N) is 4. The molecule has 1 aromatic rings. The van der Waals surface area contributed by atoms with Crippen molar-refractivity contribution in [3.63, 3.8) is 0 Å². The fraction of sp³-hybridized carbons (Fsp3) is 0.636. The molecular formula is C22H30ClF2N5O2. The molecule has 0 bridgehead atoms. The van der Waals surface area contributed by atoms with E-state index < -0.39 is 13.0 Å². The lowest BCUT2D eigenvalue weighted by molar-refractivity contribution is -0.117. The number of hydrogen-bond donors (Lipinski definition) is 1. The van der Waals surface area contributed by atoms with Crippen LogP contribution >= 0.6 is 11.6 Å². The molecule has 0 amide bonds. The monoisotopic (exact) mass is 469 g/mol. The van der Waals surface area contributed by atoms with Gasteiger partial charge in [-0.3, -0.25) is 4.90 Å². The van der Waals surface area contributed by atoms with Gasteiger partial charge in [-0.05, 0) is 37.0 Å². The van der Waals surface area contributed by atoms with E-state index in [0.29, 0.717) is 36.5 Å². The highest BCUT2D eigenvalue weighted by Crippen LogP contribution is 2.26. The average Bonchev–Trinajstić information content (AvgIpc) is 3.22. The smallest absolute Gasteiger partial charge is 0.261 e. The van der Waals surface area contributed by atoms with Gasteiger partial charge in [-0.15, -0.1) is 10.2 Å². The van der Waals surface area contributed by atoms with Crippen LogP contribution in [0.5, 0.6) is 0 Å². The van der Waals surface area contributed by atoms with Crippen LogP contribution in [0.4, 0.5) is 8.78 Å². The summed E-state index contributed by atoms with van der Waals surface area (Å²) in [6.45, 7) is 2.63. The molecule has 2 fully saturated rings. The summed E-state index contributed by atoms with van der Waals surface area (Å²) in [4.78, 5) is 4.75. The molecule has 3 heterocycles. The summed E-state index contributed by atoms with van der Waals surface area (Å²) in [5, 5.41) is 8.87. The molecule has 0 spiro atoms. The molecule has 176 valence electrons. The summed E-state index contributed by atoms with van der Waals surface area (Å²) in [7, 11) is 0. The summed E-state index contributed by atoms with van der Waals surface area (Å²) in [5.41, 5.74) is 6.97. The van der Waals surface area contributed by atoms with Gasteiger partial charge in [0.2, 0.25) is 0 Å². The normalized spacial score (nSPS) is 25.3. The van der Waals surface area contributed by atoms with Gasteiger partial charge in [0.15, 0.2) is 0 Å². The Bertz CT molecular complexity index is 815. The maximum atomic E-state index is 12.5. The van der Waals surface area contributed by atoms with Crippen LogP contribution in [0.15, 0.2) is 34.5 Å². The average molecular weight is 470 g/mol. The SMILES string of the molecule is NC1=NN=C(N2CCC(N3C[C@H](COCC(F)F)OC[C@@H]3Cc3ccc(Cl)cc3)CC2)C1. The minimum absolute atomic E-state index is 0.181. The van der Waals surface area contributed by atoms with Crippen molar-refractivity contribution in [2.75, 3.05) is 39.5 Å². The number of amidine groups is 2. The van der Waals surface area contributed by atoms with Crippen LogP contribution in [0.1, 0.15) is 24.8 Å². The Kier molecular flexibility index (Phi) is 7.93. The summed E-state index contributed by atoms with van der Waals surface area (Å²) < 4.78 is 36.1. The number of likely N-dealkylation sites (tertiary alicyclic amines) is 1. The van der Waals surface area contributed by atoms with Crippen LogP contribution in [0.2, 0.25) is 5.02 Å². The van der Waals surface area contributed by atoms with Crippen LogP contribution in [-0.2, 0) is 15.9 Å². The summed E-state index contributed by atoms with van der Waals surface area (Å²) in [6.07, 6.45) is 0.763. The first-order valence-electron chi connectivity index (χ1n) is 11.1. The zero-order chi connectivity index (χ0) is 22.5. The molecule has 0 aliphatic carbocycles. The molecular weight excluding hydrogens is 440 g/mol. The highest BCUT2D eigenvalue weighted by atomic mass is 35.5. The summed E-state index contributed by atoms with van der Waals surface area (Å²) in [5.74, 6) is 1.50. The van der Waals surface area contributed by atoms with E-state index in [1.165, 1.54) is 5.56 Å². The predicted molar refractivity (Wildman–Crippen MR) is 120 cm³/mol. The van der Waals surface area contributed by atoms with Crippen molar-refractivity contribution in [3.8, 4) is 0 Å². The second-order valence-electron chi connectivity index (χ2n) is 8.57. The number of halogens is 3. The second kappa shape index (κ2) is 10.9. The van der Waals surface area contributed by atoms with Crippen molar-refractivity contribution < 1.29 is 18.3 Å². The van der Waals surface area contributed by atoms with E-state index in [2.05, 4.69) is 20.0 Å². The molecule has 3 aliphatic heterocycles. The Morgan fingerprint density at radius 3 is 2.59 bits per heavy atom. The number of morpholine rings is 1. The molecule has 4 rings (SSSR count). The van der Waals surface area contributed by atoms with Crippen molar-refractivity contribution in [1.29, 1.82) is 0 Å². The first kappa shape index (κ1) is 23.4. The molecule has 2 atom stereocenters. The van der Waals surface area contributed by atoms with Gasteiger partial charge in [0.1, 0.15) is 18.3 Å². The van der Waals surface area contributed by atoms with Gasteiger partial charge in [-0.1, -0.05) is 23.7 Å². The Morgan fingerprint density at radius 2 is 1.94 bits per heavy atom. The van der Waals surface area contributed by atoms with Crippen molar-refractivity contribution in [2.24, 2.45) is 15.9 Å². The number of rotatable bonds is 7. The van der Waals surface area contributed by atoms with E-state index >= 15 is 0 Å². The minimum atomic E-state index is -2.46.